The summed E-state index contributed by atoms with van der Waals surface area (Å²) in [5.74, 6) is 0. The molecule has 2 fully saturated rings. The minimum absolute atomic E-state index is 0.346. The van der Waals surface area contributed by atoms with Crippen molar-refractivity contribution in [3.05, 3.63) is 215 Å². The Balaban J connectivity index is 0.00000172. The third kappa shape index (κ3) is 4.94. The first-order valence-corrected chi connectivity index (χ1v) is 16.6. The number of ether oxygens (including phenoxy) is 3. The molecule has 0 radical (unpaired) electrons. The van der Waals surface area contributed by atoms with E-state index >= 15 is 0 Å². The predicted molar refractivity (Wildman–Crippen MR) is 188 cm³/mol. The Bertz CT molecular complexity index is 1640. The van der Waals surface area contributed by atoms with Crippen LogP contribution < -0.4 is 0 Å². The van der Waals surface area contributed by atoms with Crippen LogP contribution in [0.2, 0.25) is 0 Å². The third-order valence-corrected chi connectivity index (χ3v) is 9.52. The number of epoxide rings is 2. The molecule has 6 aromatic rings. The van der Waals surface area contributed by atoms with Gasteiger partial charge in [0.1, 0.15) is 0 Å². The first kappa shape index (κ1) is 30.8. The van der Waals surface area contributed by atoms with E-state index in [-0.39, 0.29) is 0 Å². The van der Waals surface area contributed by atoms with Crippen molar-refractivity contribution in [1.82, 2.24) is 0 Å². The molecule has 0 amide bonds. The highest BCUT2D eigenvalue weighted by molar-refractivity contribution is 5.53. The molecule has 8 rings (SSSR count). The zero-order chi connectivity index (χ0) is 32.2. The highest BCUT2D eigenvalue weighted by Crippen LogP contribution is 2.68. The largest absolute Gasteiger partial charge is 0.374 e. The average molecular weight is 617 g/mol. The molecule has 3 nitrogen and oxygen atoms in total. The van der Waals surface area contributed by atoms with E-state index < -0.39 is 22.4 Å². The van der Waals surface area contributed by atoms with E-state index in [9.17, 15) is 0 Å². The quantitative estimate of drug-likeness (QED) is 0.144. The van der Waals surface area contributed by atoms with E-state index in [0.29, 0.717) is 13.2 Å². The van der Waals surface area contributed by atoms with Gasteiger partial charge in [0.15, 0.2) is 22.4 Å². The van der Waals surface area contributed by atoms with E-state index in [2.05, 4.69) is 146 Å². The van der Waals surface area contributed by atoms with Crippen LogP contribution in [0.15, 0.2) is 182 Å². The Labute approximate surface area is 278 Å². The number of hydrogen-bond acceptors (Lipinski definition) is 3. The molecule has 0 aromatic heterocycles. The monoisotopic (exact) mass is 616 g/mol. The van der Waals surface area contributed by atoms with Gasteiger partial charge in [-0.3, -0.25) is 0 Å². The molecule has 234 valence electrons. The van der Waals surface area contributed by atoms with Crippen molar-refractivity contribution in [2.75, 3.05) is 13.2 Å². The lowest BCUT2D eigenvalue weighted by Crippen LogP contribution is -2.33. The molecule has 6 aromatic carbocycles. The molecule has 0 N–H and O–H groups in total. The first-order chi connectivity index (χ1) is 23.3. The van der Waals surface area contributed by atoms with Gasteiger partial charge in [-0.15, -0.1) is 0 Å². The van der Waals surface area contributed by atoms with Crippen molar-refractivity contribution in [2.24, 2.45) is 0 Å². The number of benzene rings is 6. The van der Waals surface area contributed by atoms with Crippen LogP contribution in [-0.4, -0.2) is 13.2 Å². The molecule has 2 aliphatic rings. The summed E-state index contributed by atoms with van der Waals surface area (Å²) in [7, 11) is 0. The zero-order valence-electron chi connectivity index (χ0n) is 27.0. The van der Waals surface area contributed by atoms with E-state index in [1.807, 2.05) is 50.2 Å². The van der Waals surface area contributed by atoms with Gasteiger partial charge in [-0.1, -0.05) is 196 Å². The fourth-order valence-corrected chi connectivity index (χ4v) is 7.37. The van der Waals surface area contributed by atoms with Crippen molar-refractivity contribution in [3.63, 3.8) is 0 Å². The van der Waals surface area contributed by atoms with E-state index in [0.717, 1.165) is 33.4 Å². The summed E-state index contributed by atoms with van der Waals surface area (Å²) < 4.78 is 21.0. The van der Waals surface area contributed by atoms with Gasteiger partial charge < -0.3 is 14.2 Å². The molecule has 0 bridgehead atoms. The van der Waals surface area contributed by atoms with Crippen LogP contribution in [0, 0.1) is 0 Å². The summed E-state index contributed by atoms with van der Waals surface area (Å²) >= 11 is 0. The second-order valence-electron chi connectivity index (χ2n) is 11.9. The number of hydrogen-bond donors (Lipinski definition) is 0. The lowest BCUT2D eigenvalue weighted by atomic mass is 9.77. The normalized spacial score (nSPS) is 21.6. The van der Waals surface area contributed by atoms with Crippen LogP contribution in [-0.2, 0) is 36.6 Å². The Morgan fingerprint density at radius 3 is 0.787 bits per heavy atom. The minimum atomic E-state index is -0.730. The van der Waals surface area contributed by atoms with Crippen molar-refractivity contribution < 1.29 is 14.2 Å². The van der Waals surface area contributed by atoms with Crippen LogP contribution in [0.5, 0.6) is 0 Å². The van der Waals surface area contributed by atoms with Crippen molar-refractivity contribution in [2.45, 2.75) is 36.3 Å². The van der Waals surface area contributed by atoms with Crippen molar-refractivity contribution >= 4 is 0 Å². The molecule has 0 saturated carbocycles. The van der Waals surface area contributed by atoms with Crippen LogP contribution >= 0.6 is 0 Å². The maximum absolute atomic E-state index is 7.05. The highest BCUT2D eigenvalue weighted by Gasteiger charge is 2.75. The third-order valence-electron chi connectivity index (χ3n) is 9.52. The molecular formula is C44H40O3. The van der Waals surface area contributed by atoms with Gasteiger partial charge in [-0.25, -0.2) is 0 Å². The Kier molecular flexibility index (Phi) is 8.38. The fraction of sp³-hybridized carbons (Fsp3) is 0.182. The summed E-state index contributed by atoms with van der Waals surface area (Å²) in [6, 6.07) is 63.0. The molecule has 2 atom stereocenters. The van der Waals surface area contributed by atoms with Crippen molar-refractivity contribution in [3.8, 4) is 0 Å². The maximum atomic E-state index is 7.05. The SMILES string of the molecule is CC.c1ccc(C2(COCC3(c4ccccc4)OC3(c3ccccc3)c3ccccc3)OC2(c2ccccc2)c2ccccc2)cc1. The van der Waals surface area contributed by atoms with E-state index in [4.69, 9.17) is 14.2 Å². The van der Waals surface area contributed by atoms with Gasteiger partial charge in [0.05, 0.1) is 13.2 Å². The predicted octanol–water partition coefficient (Wildman–Crippen LogP) is 9.77. The first-order valence-electron chi connectivity index (χ1n) is 16.6. The topological polar surface area (TPSA) is 34.3 Å². The molecule has 0 aliphatic carbocycles. The maximum Gasteiger partial charge on any atom is 0.155 e. The smallest absolute Gasteiger partial charge is 0.155 e. The summed E-state index contributed by atoms with van der Waals surface area (Å²) in [4.78, 5) is 0. The second-order valence-corrected chi connectivity index (χ2v) is 11.9. The standard InChI is InChI=1S/C42H34O3.C2H6/c1-7-19-33(20-8-1)39(41(44-39,35-23-11-3-12-24-35)36-25-13-4-14-26-36)31-43-32-40(34-21-9-2-10-22-34)42(45-40,37-27-15-5-16-28-37)38-29-17-6-18-30-38;1-2/h1-30H,31-32H2;1-2H3. The summed E-state index contributed by atoms with van der Waals surface area (Å²) in [5.41, 5.74) is 3.73. The average Bonchev–Trinajstić information content (AvgIpc) is 4.07. The molecule has 2 unspecified atom stereocenters. The summed E-state index contributed by atoms with van der Waals surface area (Å²) in [6.45, 7) is 4.69. The molecule has 3 heteroatoms. The fourth-order valence-electron chi connectivity index (χ4n) is 7.37. The van der Waals surface area contributed by atoms with Crippen molar-refractivity contribution in [1.29, 1.82) is 0 Å². The molecule has 2 heterocycles. The lowest BCUT2D eigenvalue weighted by molar-refractivity contribution is 0.0402. The van der Waals surface area contributed by atoms with Gasteiger partial charge in [0.25, 0.3) is 0 Å². The van der Waals surface area contributed by atoms with Gasteiger partial charge in [-0.05, 0) is 33.4 Å². The molecule has 2 aliphatic heterocycles. The Hall–Kier alpha value is -4.80. The van der Waals surface area contributed by atoms with Crippen LogP contribution in [0.1, 0.15) is 47.2 Å². The lowest BCUT2D eigenvalue weighted by Gasteiger charge is -2.25. The second kappa shape index (κ2) is 12.8. The Morgan fingerprint density at radius 1 is 0.340 bits per heavy atom. The highest BCUT2D eigenvalue weighted by atomic mass is 16.7. The summed E-state index contributed by atoms with van der Waals surface area (Å²) in [6.07, 6.45) is 0. The molecule has 47 heavy (non-hydrogen) atoms. The van der Waals surface area contributed by atoms with Gasteiger partial charge in [-0.2, -0.15) is 0 Å². The minimum Gasteiger partial charge on any atom is -0.374 e. The molecule has 2 saturated heterocycles. The summed E-state index contributed by atoms with van der Waals surface area (Å²) in [5, 5.41) is 0. The molecule has 0 spiro atoms. The van der Waals surface area contributed by atoms with Crippen LogP contribution in [0.4, 0.5) is 0 Å². The van der Waals surface area contributed by atoms with Gasteiger partial charge >= 0.3 is 0 Å². The van der Waals surface area contributed by atoms with Crippen LogP contribution in [0.25, 0.3) is 0 Å². The van der Waals surface area contributed by atoms with Gasteiger partial charge in [0, 0.05) is 0 Å². The van der Waals surface area contributed by atoms with Gasteiger partial charge in [0.2, 0.25) is 0 Å². The number of rotatable bonds is 10. The molecular weight excluding hydrogens is 576 g/mol. The van der Waals surface area contributed by atoms with E-state index in [1.165, 1.54) is 0 Å². The van der Waals surface area contributed by atoms with E-state index in [1.54, 1.807) is 0 Å². The van der Waals surface area contributed by atoms with Crippen LogP contribution in [0.3, 0.4) is 0 Å². The Morgan fingerprint density at radius 2 is 0.553 bits per heavy atom. The zero-order valence-corrected chi connectivity index (χ0v) is 27.0.